The van der Waals surface area contributed by atoms with Gasteiger partial charge >= 0.3 is 0 Å². The van der Waals surface area contributed by atoms with Gasteiger partial charge in [-0.1, -0.05) is 9.73 Å². The van der Waals surface area contributed by atoms with E-state index in [1.807, 2.05) is 0 Å². The SMILES string of the molecule is Nc1nc2nnnn2nc1-c1ccc(F)c(F)c1. The number of benzene rings is 1. The quantitative estimate of drug-likeness (QED) is 0.672. The Morgan fingerprint density at radius 2 is 2.00 bits per heavy atom. The van der Waals surface area contributed by atoms with E-state index in [9.17, 15) is 8.78 Å². The van der Waals surface area contributed by atoms with Crippen LogP contribution in [-0.2, 0) is 0 Å². The van der Waals surface area contributed by atoms with Gasteiger partial charge in [0.1, 0.15) is 5.69 Å². The summed E-state index contributed by atoms with van der Waals surface area (Å²) in [7, 11) is 0. The molecule has 0 amide bonds. The molecule has 1 aromatic carbocycles. The van der Waals surface area contributed by atoms with Crippen LogP contribution in [0, 0.1) is 11.6 Å². The van der Waals surface area contributed by atoms with Crippen LogP contribution in [0.25, 0.3) is 17.0 Å². The summed E-state index contributed by atoms with van der Waals surface area (Å²) in [6.07, 6.45) is 0. The molecule has 18 heavy (non-hydrogen) atoms. The minimum atomic E-state index is -0.995. The van der Waals surface area contributed by atoms with E-state index in [-0.39, 0.29) is 22.9 Å². The third-order valence-electron chi connectivity index (χ3n) is 2.29. The van der Waals surface area contributed by atoms with Crippen LogP contribution in [0.5, 0.6) is 0 Å². The number of tetrazole rings is 1. The van der Waals surface area contributed by atoms with E-state index in [2.05, 4.69) is 25.6 Å². The summed E-state index contributed by atoms with van der Waals surface area (Å²) in [6.45, 7) is 0. The van der Waals surface area contributed by atoms with Crippen molar-refractivity contribution in [1.82, 2.24) is 30.2 Å². The largest absolute Gasteiger partial charge is 0.382 e. The molecule has 0 atom stereocenters. The second-order valence-corrected chi connectivity index (χ2v) is 3.44. The van der Waals surface area contributed by atoms with E-state index in [0.717, 1.165) is 16.8 Å². The van der Waals surface area contributed by atoms with E-state index in [1.54, 1.807) is 0 Å². The van der Waals surface area contributed by atoms with Gasteiger partial charge in [0.15, 0.2) is 17.5 Å². The van der Waals surface area contributed by atoms with Crippen LogP contribution >= 0.6 is 0 Å². The standard InChI is InChI=1S/C9H5F2N7/c10-5-2-1-4(3-6(5)11)7-8(12)13-9-14-16-17-18(9)15-7/h1-3H,(H2,12,13,14,17). The average molecular weight is 249 g/mol. The summed E-state index contributed by atoms with van der Waals surface area (Å²) in [6, 6.07) is 3.30. The smallest absolute Gasteiger partial charge is 0.293 e. The van der Waals surface area contributed by atoms with Gasteiger partial charge in [-0.05, 0) is 28.6 Å². The number of nitrogens with zero attached hydrogens (tertiary/aromatic N) is 6. The molecule has 0 spiro atoms. The molecule has 0 unspecified atom stereocenters. The molecule has 3 rings (SSSR count). The van der Waals surface area contributed by atoms with Crippen LogP contribution in [-0.4, -0.2) is 30.2 Å². The van der Waals surface area contributed by atoms with Crippen LogP contribution in [0.2, 0.25) is 0 Å². The summed E-state index contributed by atoms with van der Waals surface area (Å²) in [4.78, 5) is 3.89. The molecule has 90 valence electrons. The summed E-state index contributed by atoms with van der Waals surface area (Å²) < 4.78 is 27.0. The summed E-state index contributed by atoms with van der Waals surface area (Å²) in [5.41, 5.74) is 6.13. The van der Waals surface area contributed by atoms with Crippen LogP contribution in [0.1, 0.15) is 0 Å². The lowest BCUT2D eigenvalue weighted by atomic mass is 10.1. The van der Waals surface area contributed by atoms with Gasteiger partial charge in [0.25, 0.3) is 5.78 Å². The van der Waals surface area contributed by atoms with Crippen molar-refractivity contribution in [2.24, 2.45) is 0 Å². The Hall–Kier alpha value is -2.71. The van der Waals surface area contributed by atoms with Gasteiger partial charge in [0, 0.05) is 5.56 Å². The predicted molar refractivity (Wildman–Crippen MR) is 56.1 cm³/mol. The minimum Gasteiger partial charge on any atom is -0.382 e. The molecule has 0 aliphatic rings. The van der Waals surface area contributed by atoms with Crippen LogP contribution in [0.4, 0.5) is 14.6 Å². The normalized spacial score (nSPS) is 11.0. The van der Waals surface area contributed by atoms with Gasteiger partial charge in [-0.15, -0.1) is 5.10 Å². The van der Waals surface area contributed by atoms with Crippen LogP contribution in [0.15, 0.2) is 18.2 Å². The molecule has 2 N–H and O–H groups in total. The van der Waals surface area contributed by atoms with Gasteiger partial charge in [-0.25, -0.2) is 8.78 Å². The van der Waals surface area contributed by atoms with Crippen molar-refractivity contribution in [2.45, 2.75) is 0 Å². The number of rotatable bonds is 1. The molecule has 0 radical (unpaired) electrons. The zero-order valence-corrected chi connectivity index (χ0v) is 8.75. The van der Waals surface area contributed by atoms with E-state index >= 15 is 0 Å². The highest BCUT2D eigenvalue weighted by Crippen LogP contribution is 2.23. The van der Waals surface area contributed by atoms with Gasteiger partial charge in [0.05, 0.1) is 0 Å². The molecule has 0 aliphatic carbocycles. The predicted octanol–water partition coefficient (Wildman–Crippen LogP) is 0.442. The third-order valence-corrected chi connectivity index (χ3v) is 2.29. The fraction of sp³-hybridized carbons (Fsp3) is 0. The first-order valence-electron chi connectivity index (χ1n) is 4.82. The summed E-state index contributed by atoms with van der Waals surface area (Å²) in [5, 5.41) is 14.4. The monoisotopic (exact) mass is 249 g/mol. The number of hydrogen-bond acceptors (Lipinski definition) is 6. The van der Waals surface area contributed by atoms with Crippen LogP contribution in [0.3, 0.4) is 0 Å². The summed E-state index contributed by atoms with van der Waals surface area (Å²) in [5.74, 6) is -1.79. The Morgan fingerprint density at radius 1 is 1.17 bits per heavy atom. The van der Waals surface area contributed by atoms with Crippen molar-refractivity contribution in [3.8, 4) is 11.3 Å². The van der Waals surface area contributed by atoms with Crippen molar-refractivity contribution in [2.75, 3.05) is 5.73 Å². The Bertz CT molecular complexity index is 739. The Balaban J connectivity index is 2.23. The lowest BCUT2D eigenvalue weighted by molar-refractivity contribution is 0.509. The van der Waals surface area contributed by atoms with E-state index < -0.39 is 11.6 Å². The number of halogens is 2. The van der Waals surface area contributed by atoms with E-state index in [4.69, 9.17) is 5.73 Å². The summed E-state index contributed by atoms with van der Waals surface area (Å²) >= 11 is 0. The van der Waals surface area contributed by atoms with E-state index in [1.165, 1.54) is 6.07 Å². The van der Waals surface area contributed by atoms with Crippen molar-refractivity contribution in [1.29, 1.82) is 0 Å². The molecule has 0 saturated heterocycles. The minimum absolute atomic E-state index is 0.0308. The number of hydrogen-bond donors (Lipinski definition) is 1. The molecule has 0 bridgehead atoms. The number of nitrogens with two attached hydrogens (primary N) is 1. The number of fused-ring (bicyclic) bond motifs is 1. The molecule has 0 fully saturated rings. The van der Waals surface area contributed by atoms with Crippen molar-refractivity contribution in [3.05, 3.63) is 29.8 Å². The maximum atomic E-state index is 13.1. The highest BCUT2D eigenvalue weighted by atomic mass is 19.2. The average Bonchev–Trinajstić information content (AvgIpc) is 2.79. The molecular formula is C9H5F2N7. The highest BCUT2D eigenvalue weighted by molar-refractivity contribution is 5.70. The fourth-order valence-electron chi connectivity index (χ4n) is 1.47. The fourth-order valence-corrected chi connectivity index (χ4v) is 1.47. The molecule has 0 aliphatic heterocycles. The number of nitrogen functional groups attached to an aromatic ring is 1. The molecule has 0 saturated carbocycles. The maximum absolute atomic E-state index is 13.1. The molecule has 2 heterocycles. The molecule has 7 nitrogen and oxygen atoms in total. The Kier molecular flexibility index (Phi) is 2.12. The topological polar surface area (TPSA) is 94.9 Å². The van der Waals surface area contributed by atoms with Crippen molar-refractivity contribution in [3.63, 3.8) is 0 Å². The molecule has 9 heteroatoms. The number of anilines is 1. The number of aromatic nitrogens is 6. The lowest BCUT2D eigenvalue weighted by Gasteiger charge is -2.03. The van der Waals surface area contributed by atoms with Crippen molar-refractivity contribution >= 4 is 11.6 Å². The van der Waals surface area contributed by atoms with Crippen LogP contribution < -0.4 is 5.73 Å². The second-order valence-electron chi connectivity index (χ2n) is 3.44. The van der Waals surface area contributed by atoms with Crippen molar-refractivity contribution < 1.29 is 8.78 Å². The molecule has 2 aromatic heterocycles. The second kappa shape index (κ2) is 3.65. The first kappa shape index (κ1) is 10.4. The Labute approximate surface area is 98.2 Å². The molecular weight excluding hydrogens is 244 g/mol. The highest BCUT2D eigenvalue weighted by Gasteiger charge is 2.12. The first-order valence-corrected chi connectivity index (χ1v) is 4.82. The molecule has 3 aromatic rings. The third kappa shape index (κ3) is 1.52. The van der Waals surface area contributed by atoms with Gasteiger partial charge in [0.2, 0.25) is 0 Å². The lowest BCUT2D eigenvalue weighted by Crippen LogP contribution is -2.05. The van der Waals surface area contributed by atoms with Gasteiger partial charge in [-0.2, -0.15) is 4.98 Å². The van der Waals surface area contributed by atoms with E-state index in [0.29, 0.717) is 0 Å². The zero-order chi connectivity index (χ0) is 12.7. The maximum Gasteiger partial charge on any atom is 0.293 e. The van der Waals surface area contributed by atoms with Gasteiger partial charge < -0.3 is 5.73 Å². The first-order chi connectivity index (χ1) is 8.65. The zero-order valence-electron chi connectivity index (χ0n) is 8.75. The Morgan fingerprint density at radius 3 is 2.78 bits per heavy atom. The van der Waals surface area contributed by atoms with Gasteiger partial charge in [-0.3, -0.25) is 0 Å².